The Morgan fingerprint density at radius 3 is 2.50 bits per heavy atom. The van der Waals surface area contributed by atoms with Crippen LogP contribution in [-0.4, -0.2) is 20.1 Å². The van der Waals surface area contributed by atoms with Gasteiger partial charge in [-0.25, -0.2) is 4.68 Å². The summed E-state index contributed by atoms with van der Waals surface area (Å²) in [6, 6.07) is 11.9. The first-order chi connectivity index (χ1) is 11.8. The Morgan fingerprint density at radius 2 is 1.71 bits per heavy atom. The molecule has 1 aromatic heterocycles. The third kappa shape index (κ3) is 3.14. The summed E-state index contributed by atoms with van der Waals surface area (Å²) in [5.74, 6) is 0.354. The largest absolute Gasteiger partial charge is 0.505 e. The van der Waals surface area contributed by atoms with Gasteiger partial charge in [0.2, 0.25) is 0 Å². The number of benzene rings is 2. The molecule has 1 N–H and O–H groups in total. The van der Waals surface area contributed by atoms with E-state index in [0.717, 1.165) is 60.8 Å². The third-order valence-electron chi connectivity index (χ3n) is 4.52. The predicted molar refractivity (Wildman–Crippen MR) is 97.8 cm³/mol. The summed E-state index contributed by atoms with van der Waals surface area (Å²) in [6.07, 6.45) is 6.41. The van der Waals surface area contributed by atoms with Gasteiger partial charge in [-0.2, -0.15) is 0 Å². The maximum Gasteiger partial charge on any atom is 0.144 e. The molecule has 0 amide bonds. The Balaban J connectivity index is 2.08. The van der Waals surface area contributed by atoms with Crippen LogP contribution in [0.25, 0.3) is 16.7 Å². The molecule has 0 atom stereocenters. The molecule has 0 aliphatic carbocycles. The van der Waals surface area contributed by atoms with Gasteiger partial charge in [-0.3, -0.25) is 0 Å². The fourth-order valence-electron chi connectivity index (χ4n) is 3.12. The molecule has 126 valence electrons. The van der Waals surface area contributed by atoms with Crippen LogP contribution in [0.2, 0.25) is 0 Å². The number of hydrogen-bond acceptors (Lipinski definition) is 3. The van der Waals surface area contributed by atoms with Crippen molar-refractivity contribution in [3.05, 3.63) is 47.5 Å². The van der Waals surface area contributed by atoms with Gasteiger partial charge in [0.15, 0.2) is 0 Å². The van der Waals surface area contributed by atoms with Crippen molar-refractivity contribution < 1.29 is 5.11 Å². The monoisotopic (exact) mass is 323 g/mol. The minimum Gasteiger partial charge on any atom is -0.505 e. The number of phenols is 1. The van der Waals surface area contributed by atoms with Crippen molar-refractivity contribution in [2.45, 2.75) is 52.4 Å². The molecular weight excluding hydrogens is 298 g/mol. The summed E-state index contributed by atoms with van der Waals surface area (Å²) < 4.78 is 1.74. The summed E-state index contributed by atoms with van der Waals surface area (Å²) in [4.78, 5) is 0. The van der Waals surface area contributed by atoms with Crippen LogP contribution in [0.3, 0.4) is 0 Å². The Kier molecular flexibility index (Phi) is 5.14. The first-order valence-electron chi connectivity index (χ1n) is 8.90. The Hall–Kier alpha value is -2.36. The molecule has 1 heterocycles. The summed E-state index contributed by atoms with van der Waals surface area (Å²) in [5.41, 5.74) is 4.80. The molecule has 0 radical (unpaired) electrons. The average molecular weight is 323 g/mol. The molecular formula is C20H25N3O. The van der Waals surface area contributed by atoms with Crippen LogP contribution in [0.1, 0.15) is 50.7 Å². The van der Waals surface area contributed by atoms with Crippen LogP contribution in [0.5, 0.6) is 5.75 Å². The lowest BCUT2D eigenvalue weighted by Gasteiger charge is -2.15. The van der Waals surface area contributed by atoms with E-state index in [2.05, 4.69) is 30.2 Å². The van der Waals surface area contributed by atoms with Gasteiger partial charge in [-0.15, -0.1) is 5.10 Å². The van der Waals surface area contributed by atoms with E-state index < -0.39 is 0 Å². The summed E-state index contributed by atoms with van der Waals surface area (Å²) in [5, 5.41) is 19.4. The number of nitrogens with zero attached hydrogens (tertiary/aromatic N) is 3. The zero-order valence-electron chi connectivity index (χ0n) is 14.5. The maximum absolute atomic E-state index is 10.9. The van der Waals surface area contributed by atoms with E-state index in [9.17, 15) is 5.11 Å². The van der Waals surface area contributed by atoms with Crippen LogP contribution in [0.15, 0.2) is 36.4 Å². The van der Waals surface area contributed by atoms with Crippen molar-refractivity contribution in [1.82, 2.24) is 15.0 Å². The van der Waals surface area contributed by atoms with E-state index >= 15 is 0 Å². The minimum absolute atomic E-state index is 0.354. The number of phenolic OH excluding ortho intramolecular Hbond substituents is 1. The smallest absolute Gasteiger partial charge is 0.144 e. The highest BCUT2D eigenvalue weighted by atomic mass is 16.3. The molecule has 24 heavy (non-hydrogen) atoms. The highest BCUT2D eigenvalue weighted by molar-refractivity contribution is 5.76. The van der Waals surface area contributed by atoms with Gasteiger partial charge >= 0.3 is 0 Å². The topological polar surface area (TPSA) is 50.9 Å². The molecule has 4 nitrogen and oxygen atoms in total. The zero-order valence-corrected chi connectivity index (χ0v) is 14.5. The van der Waals surface area contributed by atoms with Crippen molar-refractivity contribution in [3.8, 4) is 11.4 Å². The number of aromatic nitrogens is 3. The number of rotatable bonds is 7. The van der Waals surface area contributed by atoms with Gasteiger partial charge in [0.25, 0.3) is 0 Å². The second-order valence-electron chi connectivity index (χ2n) is 6.27. The fourth-order valence-corrected chi connectivity index (χ4v) is 3.12. The van der Waals surface area contributed by atoms with Crippen LogP contribution in [0, 0.1) is 0 Å². The zero-order chi connectivity index (χ0) is 16.9. The molecule has 0 spiro atoms. The molecule has 2 aromatic carbocycles. The fraction of sp³-hybridized carbons (Fsp3) is 0.400. The summed E-state index contributed by atoms with van der Waals surface area (Å²) in [6.45, 7) is 4.37. The second-order valence-corrected chi connectivity index (χ2v) is 6.27. The van der Waals surface area contributed by atoms with E-state index in [4.69, 9.17) is 0 Å². The van der Waals surface area contributed by atoms with Gasteiger partial charge in [0, 0.05) is 0 Å². The highest BCUT2D eigenvalue weighted by Gasteiger charge is 2.16. The van der Waals surface area contributed by atoms with E-state index in [1.165, 1.54) is 5.56 Å². The van der Waals surface area contributed by atoms with Crippen LogP contribution in [0.4, 0.5) is 0 Å². The van der Waals surface area contributed by atoms with Crippen molar-refractivity contribution in [1.29, 1.82) is 0 Å². The second kappa shape index (κ2) is 7.47. The van der Waals surface area contributed by atoms with E-state index in [1.807, 2.05) is 30.3 Å². The van der Waals surface area contributed by atoms with Crippen LogP contribution in [-0.2, 0) is 12.8 Å². The van der Waals surface area contributed by atoms with Gasteiger partial charge in [0.05, 0.1) is 5.52 Å². The maximum atomic E-state index is 10.9. The number of aryl methyl sites for hydroxylation is 1. The standard InChI is InChI=1S/C20H25N3O/c1-3-5-9-15-13-14-19(20(24)16(15)10-6-4-2)23-18-12-8-7-11-17(18)21-22-23/h7-8,11-14,24H,3-6,9-10H2,1-2H3. The SMILES string of the molecule is CCCCc1ccc(-n2nnc3ccccc32)c(O)c1CCCC. The lowest BCUT2D eigenvalue weighted by Crippen LogP contribution is -2.03. The average Bonchev–Trinajstić information content (AvgIpc) is 3.03. The van der Waals surface area contributed by atoms with Crippen molar-refractivity contribution in [3.63, 3.8) is 0 Å². The molecule has 3 rings (SSSR count). The van der Waals surface area contributed by atoms with Crippen molar-refractivity contribution >= 4 is 11.0 Å². The van der Waals surface area contributed by atoms with E-state index in [-0.39, 0.29) is 0 Å². The number of unbranched alkanes of at least 4 members (excludes halogenated alkanes) is 2. The highest BCUT2D eigenvalue weighted by Crippen LogP contribution is 2.32. The normalized spacial score (nSPS) is 11.2. The summed E-state index contributed by atoms with van der Waals surface area (Å²) >= 11 is 0. The Bertz CT molecular complexity index is 823. The number of aromatic hydroxyl groups is 1. The Morgan fingerprint density at radius 1 is 0.958 bits per heavy atom. The van der Waals surface area contributed by atoms with Gasteiger partial charge in [-0.05, 0) is 55.0 Å². The predicted octanol–water partition coefficient (Wildman–Crippen LogP) is 4.81. The number of hydrogen-bond donors (Lipinski definition) is 1. The summed E-state index contributed by atoms with van der Waals surface area (Å²) in [7, 11) is 0. The molecule has 4 heteroatoms. The molecule has 0 bridgehead atoms. The first kappa shape index (κ1) is 16.5. The van der Waals surface area contributed by atoms with Crippen LogP contribution < -0.4 is 0 Å². The van der Waals surface area contributed by atoms with Crippen molar-refractivity contribution in [2.24, 2.45) is 0 Å². The molecule has 0 aliphatic rings. The molecule has 0 saturated heterocycles. The molecule has 0 fully saturated rings. The molecule has 0 saturated carbocycles. The molecule has 0 aliphatic heterocycles. The van der Waals surface area contributed by atoms with Crippen LogP contribution >= 0.6 is 0 Å². The quantitative estimate of drug-likeness (QED) is 0.678. The molecule has 0 unspecified atom stereocenters. The van der Waals surface area contributed by atoms with E-state index in [0.29, 0.717) is 5.75 Å². The van der Waals surface area contributed by atoms with Crippen molar-refractivity contribution in [2.75, 3.05) is 0 Å². The number of fused-ring (bicyclic) bond motifs is 1. The Labute approximate surface area is 143 Å². The lowest BCUT2D eigenvalue weighted by atomic mass is 9.96. The molecule has 3 aromatic rings. The lowest BCUT2D eigenvalue weighted by molar-refractivity contribution is 0.460. The minimum atomic E-state index is 0.354. The first-order valence-corrected chi connectivity index (χ1v) is 8.90. The van der Waals surface area contributed by atoms with Gasteiger partial charge in [-0.1, -0.05) is 50.1 Å². The van der Waals surface area contributed by atoms with Gasteiger partial charge < -0.3 is 5.11 Å². The third-order valence-corrected chi connectivity index (χ3v) is 4.52. The van der Waals surface area contributed by atoms with E-state index in [1.54, 1.807) is 4.68 Å². The van der Waals surface area contributed by atoms with Gasteiger partial charge in [0.1, 0.15) is 17.0 Å². The number of para-hydroxylation sites is 1.